The standard InChI is InChI=1S/C18H20N2O4S/c1-3-17(14-7-5-4-6-8-14)18(22)19-15-9-11-16(12-10-15)25(23,24)20-13(2)21/h4-12,17H,3H2,1-2H3,(H,19,22)(H,20,21). The first-order valence-electron chi connectivity index (χ1n) is 7.82. The van der Waals surface area contributed by atoms with Crippen molar-refractivity contribution in [3.8, 4) is 0 Å². The summed E-state index contributed by atoms with van der Waals surface area (Å²) in [6, 6.07) is 15.1. The minimum absolute atomic E-state index is 0.0456. The Bertz CT molecular complexity index is 846. The third-order valence-electron chi connectivity index (χ3n) is 3.64. The fourth-order valence-electron chi connectivity index (χ4n) is 2.45. The smallest absolute Gasteiger partial charge is 0.264 e. The van der Waals surface area contributed by atoms with E-state index in [2.05, 4.69) is 5.32 Å². The van der Waals surface area contributed by atoms with Crippen molar-refractivity contribution in [1.82, 2.24) is 4.72 Å². The van der Waals surface area contributed by atoms with Crippen LogP contribution in [-0.4, -0.2) is 20.2 Å². The number of rotatable bonds is 6. The number of anilines is 1. The SMILES string of the molecule is CCC(C(=O)Nc1ccc(S(=O)(=O)NC(C)=O)cc1)c1ccccc1. The Kier molecular flexibility index (Phi) is 5.93. The Labute approximate surface area is 147 Å². The molecule has 25 heavy (non-hydrogen) atoms. The van der Waals surface area contributed by atoms with E-state index in [0.29, 0.717) is 12.1 Å². The second-order valence-corrected chi connectivity index (χ2v) is 7.23. The van der Waals surface area contributed by atoms with Crippen LogP contribution in [0.3, 0.4) is 0 Å². The summed E-state index contributed by atoms with van der Waals surface area (Å²) < 4.78 is 25.7. The quantitative estimate of drug-likeness (QED) is 0.828. The van der Waals surface area contributed by atoms with Crippen molar-refractivity contribution in [3.63, 3.8) is 0 Å². The van der Waals surface area contributed by atoms with Gasteiger partial charge in [0.05, 0.1) is 10.8 Å². The van der Waals surface area contributed by atoms with E-state index in [0.717, 1.165) is 12.5 Å². The molecule has 0 fully saturated rings. The number of amides is 2. The van der Waals surface area contributed by atoms with Crippen LogP contribution in [0.1, 0.15) is 31.7 Å². The van der Waals surface area contributed by atoms with Gasteiger partial charge in [0.2, 0.25) is 11.8 Å². The zero-order valence-electron chi connectivity index (χ0n) is 14.0. The van der Waals surface area contributed by atoms with Gasteiger partial charge in [-0.3, -0.25) is 9.59 Å². The van der Waals surface area contributed by atoms with E-state index in [-0.39, 0.29) is 16.7 Å². The average Bonchev–Trinajstić information content (AvgIpc) is 2.56. The molecule has 1 atom stereocenters. The lowest BCUT2D eigenvalue weighted by molar-refractivity contribution is -0.118. The molecule has 0 saturated carbocycles. The summed E-state index contributed by atoms with van der Waals surface area (Å²) in [6.07, 6.45) is 0.644. The molecule has 2 amide bonds. The summed E-state index contributed by atoms with van der Waals surface area (Å²) in [7, 11) is -3.88. The second kappa shape index (κ2) is 7.94. The highest BCUT2D eigenvalue weighted by molar-refractivity contribution is 7.90. The molecule has 0 aliphatic carbocycles. The van der Waals surface area contributed by atoms with Gasteiger partial charge in [-0.2, -0.15) is 0 Å². The largest absolute Gasteiger partial charge is 0.326 e. The molecule has 0 bridgehead atoms. The summed E-state index contributed by atoms with van der Waals surface area (Å²) in [6.45, 7) is 3.06. The lowest BCUT2D eigenvalue weighted by Gasteiger charge is -2.15. The first kappa shape index (κ1) is 18.7. The molecule has 6 nitrogen and oxygen atoms in total. The molecule has 2 rings (SSSR count). The van der Waals surface area contributed by atoms with Gasteiger partial charge in [-0.15, -0.1) is 0 Å². The Balaban J connectivity index is 2.13. The van der Waals surface area contributed by atoms with E-state index < -0.39 is 15.9 Å². The monoisotopic (exact) mass is 360 g/mol. The van der Waals surface area contributed by atoms with Gasteiger partial charge in [0.15, 0.2) is 0 Å². The topological polar surface area (TPSA) is 92.3 Å². The lowest BCUT2D eigenvalue weighted by atomic mass is 9.95. The molecular weight excluding hydrogens is 340 g/mol. The third-order valence-corrected chi connectivity index (χ3v) is 5.09. The molecule has 0 aromatic heterocycles. The van der Waals surface area contributed by atoms with Crippen molar-refractivity contribution in [2.45, 2.75) is 31.1 Å². The molecular formula is C18H20N2O4S. The Morgan fingerprint density at radius 3 is 2.12 bits per heavy atom. The highest BCUT2D eigenvalue weighted by atomic mass is 32.2. The summed E-state index contributed by atoms with van der Waals surface area (Å²) in [5, 5.41) is 2.79. The maximum atomic E-state index is 12.5. The van der Waals surface area contributed by atoms with E-state index in [1.165, 1.54) is 24.3 Å². The number of carbonyl (C=O) groups is 2. The van der Waals surface area contributed by atoms with E-state index in [1.807, 2.05) is 42.0 Å². The summed E-state index contributed by atoms with van der Waals surface area (Å²) >= 11 is 0. The second-order valence-electron chi connectivity index (χ2n) is 5.55. The van der Waals surface area contributed by atoms with Crippen LogP contribution in [0.25, 0.3) is 0 Å². The first-order valence-corrected chi connectivity index (χ1v) is 9.31. The molecule has 2 N–H and O–H groups in total. The number of benzene rings is 2. The average molecular weight is 360 g/mol. The predicted molar refractivity (Wildman–Crippen MR) is 95.5 cm³/mol. The van der Waals surface area contributed by atoms with Crippen molar-refractivity contribution < 1.29 is 18.0 Å². The van der Waals surface area contributed by atoms with E-state index in [9.17, 15) is 18.0 Å². The molecule has 0 aliphatic heterocycles. The molecule has 2 aromatic carbocycles. The number of hydrogen-bond donors (Lipinski definition) is 2. The first-order chi connectivity index (χ1) is 11.8. The van der Waals surface area contributed by atoms with E-state index in [1.54, 1.807) is 0 Å². The van der Waals surface area contributed by atoms with Crippen molar-refractivity contribution in [2.24, 2.45) is 0 Å². The molecule has 0 spiro atoms. The lowest BCUT2D eigenvalue weighted by Crippen LogP contribution is -2.28. The van der Waals surface area contributed by atoms with Crippen LogP contribution in [0.4, 0.5) is 5.69 Å². The van der Waals surface area contributed by atoms with Crippen LogP contribution in [0, 0.1) is 0 Å². The van der Waals surface area contributed by atoms with Crippen LogP contribution in [0.5, 0.6) is 0 Å². The van der Waals surface area contributed by atoms with Gasteiger partial charge in [-0.25, -0.2) is 13.1 Å². The van der Waals surface area contributed by atoms with Crippen LogP contribution in [-0.2, 0) is 19.6 Å². The zero-order chi connectivity index (χ0) is 18.4. The maximum absolute atomic E-state index is 12.5. The fourth-order valence-corrected chi connectivity index (χ4v) is 3.44. The van der Waals surface area contributed by atoms with E-state index in [4.69, 9.17) is 0 Å². The van der Waals surface area contributed by atoms with Crippen LogP contribution < -0.4 is 10.0 Å². The summed E-state index contributed by atoms with van der Waals surface area (Å²) in [5.74, 6) is -1.11. The zero-order valence-corrected chi connectivity index (χ0v) is 14.8. The van der Waals surface area contributed by atoms with Crippen LogP contribution >= 0.6 is 0 Å². The third kappa shape index (κ3) is 4.90. The highest BCUT2D eigenvalue weighted by Crippen LogP contribution is 2.22. The summed E-state index contributed by atoms with van der Waals surface area (Å²) in [5.41, 5.74) is 1.41. The van der Waals surface area contributed by atoms with Gasteiger partial charge >= 0.3 is 0 Å². The van der Waals surface area contributed by atoms with Crippen molar-refractivity contribution in [2.75, 3.05) is 5.32 Å². The number of nitrogens with one attached hydrogen (secondary N) is 2. The van der Waals surface area contributed by atoms with Gasteiger partial charge < -0.3 is 5.32 Å². The minimum Gasteiger partial charge on any atom is -0.326 e. The molecule has 0 aliphatic rings. The van der Waals surface area contributed by atoms with E-state index >= 15 is 0 Å². The fraction of sp³-hybridized carbons (Fsp3) is 0.222. The molecule has 1 unspecified atom stereocenters. The predicted octanol–water partition coefficient (Wildman–Crippen LogP) is 2.64. The van der Waals surface area contributed by atoms with Crippen molar-refractivity contribution in [1.29, 1.82) is 0 Å². The van der Waals surface area contributed by atoms with Crippen molar-refractivity contribution in [3.05, 3.63) is 60.2 Å². The molecule has 0 radical (unpaired) electrons. The number of sulfonamides is 1. The van der Waals surface area contributed by atoms with Gasteiger partial charge in [0.25, 0.3) is 10.0 Å². The molecule has 132 valence electrons. The Hall–Kier alpha value is -2.67. The number of carbonyl (C=O) groups excluding carboxylic acids is 2. The summed E-state index contributed by atoms with van der Waals surface area (Å²) in [4.78, 5) is 23.4. The molecule has 2 aromatic rings. The minimum atomic E-state index is -3.88. The molecule has 0 heterocycles. The Morgan fingerprint density at radius 1 is 1.00 bits per heavy atom. The Morgan fingerprint density at radius 2 is 1.60 bits per heavy atom. The normalized spacial score (nSPS) is 12.2. The van der Waals surface area contributed by atoms with Crippen LogP contribution in [0.2, 0.25) is 0 Å². The maximum Gasteiger partial charge on any atom is 0.264 e. The highest BCUT2D eigenvalue weighted by Gasteiger charge is 2.19. The van der Waals surface area contributed by atoms with Gasteiger partial charge in [0.1, 0.15) is 0 Å². The van der Waals surface area contributed by atoms with Gasteiger partial charge in [-0.05, 0) is 36.2 Å². The molecule has 7 heteroatoms. The van der Waals surface area contributed by atoms with Gasteiger partial charge in [-0.1, -0.05) is 37.3 Å². The van der Waals surface area contributed by atoms with Gasteiger partial charge in [0, 0.05) is 12.6 Å². The number of hydrogen-bond acceptors (Lipinski definition) is 4. The van der Waals surface area contributed by atoms with Crippen molar-refractivity contribution >= 4 is 27.5 Å². The van der Waals surface area contributed by atoms with Crippen LogP contribution in [0.15, 0.2) is 59.5 Å². The molecule has 0 saturated heterocycles.